The lowest BCUT2D eigenvalue weighted by Gasteiger charge is -2.19. The molecule has 4 rings (SSSR count). The summed E-state index contributed by atoms with van der Waals surface area (Å²) in [5.41, 5.74) is 2.84. The van der Waals surface area contributed by atoms with Crippen molar-refractivity contribution in [1.82, 2.24) is 9.97 Å². The highest BCUT2D eigenvalue weighted by Crippen LogP contribution is 2.28. The highest BCUT2D eigenvalue weighted by atomic mass is 16.5. The maximum atomic E-state index is 12.3. The summed E-state index contributed by atoms with van der Waals surface area (Å²) >= 11 is 0. The minimum absolute atomic E-state index is 0.0496. The summed E-state index contributed by atoms with van der Waals surface area (Å²) in [6.07, 6.45) is 5.37. The van der Waals surface area contributed by atoms with Crippen molar-refractivity contribution >= 4 is 17.0 Å². The Morgan fingerprint density at radius 3 is 2.71 bits per heavy atom. The summed E-state index contributed by atoms with van der Waals surface area (Å²) in [4.78, 5) is 20.2. The average molecular weight is 320 g/mol. The zero-order valence-corrected chi connectivity index (χ0v) is 13.5. The molecule has 1 fully saturated rings. The molecule has 4 nitrogen and oxygen atoms in total. The van der Waals surface area contributed by atoms with Crippen molar-refractivity contribution in [3.63, 3.8) is 0 Å². The number of hydrogen-bond donors (Lipinski definition) is 1. The van der Waals surface area contributed by atoms with Crippen LogP contribution in [0.15, 0.2) is 48.5 Å². The Bertz CT molecular complexity index is 830. The van der Waals surface area contributed by atoms with Gasteiger partial charge >= 0.3 is 5.97 Å². The molecule has 0 spiro atoms. The van der Waals surface area contributed by atoms with Gasteiger partial charge in [0.2, 0.25) is 0 Å². The van der Waals surface area contributed by atoms with Gasteiger partial charge in [0.15, 0.2) is 0 Å². The standard InChI is InChI=1S/C20H20N2O2/c23-20(14-7-2-1-3-8-14)24-16-10-6-9-15(13-16)19-21-17-11-4-5-12-18(17)22-19/h4-6,9-14H,1-3,7-8H2,(H,21,22). The fourth-order valence-corrected chi connectivity index (χ4v) is 3.33. The predicted octanol–water partition coefficient (Wildman–Crippen LogP) is 4.72. The molecule has 0 bridgehead atoms. The van der Waals surface area contributed by atoms with E-state index >= 15 is 0 Å². The van der Waals surface area contributed by atoms with E-state index < -0.39 is 0 Å². The zero-order valence-electron chi connectivity index (χ0n) is 13.5. The molecule has 4 heteroatoms. The van der Waals surface area contributed by atoms with E-state index in [9.17, 15) is 4.79 Å². The number of nitrogens with one attached hydrogen (secondary N) is 1. The Morgan fingerprint density at radius 1 is 1.04 bits per heavy atom. The van der Waals surface area contributed by atoms with Gasteiger partial charge in [0.05, 0.1) is 17.0 Å². The topological polar surface area (TPSA) is 55.0 Å². The van der Waals surface area contributed by atoms with E-state index in [1.165, 1.54) is 6.42 Å². The summed E-state index contributed by atoms with van der Waals surface area (Å²) in [7, 11) is 0. The van der Waals surface area contributed by atoms with Gasteiger partial charge in [0.25, 0.3) is 0 Å². The second-order valence-corrected chi connectivity index (χ2v) is 6.39. The van der Waals surface area contributed by atoms with Crippen molar-refractivity contribution in [3.8, 4) is 17.1 Å². The molecule has 0 unspecified atom stereocenters. The second kappa shape index (κ2) is 6.48. The third-order valence-electron chi connectivity index (χ3n) is 4.65. The lowest BCUT2D eigenvalue weighted by atomic mass is 9.89. The lowest BCUT2D eigenvalue weighted by Crippen LogP contribution is -2.22. The van der Waals surface area contributed by atoms with Crippen LogP contribution in [0.1, 0.15) is 32.1 Å². The first-order valence-electron chi connectivity index (χ1n) is 8.56. The Morgan fingerprint density at radius 2 is 1.88 bits per heavy atom. The first kappa shape index (κ1) is 14.9. The Balaban J connectivity index is 1.55. The SMILES string of the molecule is O=C(Oc1cccc(-c2nc3ccccc3[nH]2)c1)C1CCCCC1. The summed E-state index contributed by atoms with van der Waals surface area (Å²) in [6, 6.07) is 15.5. The number of carbonyl (C=O) groups is 1. The number of carbonyl (C=O) groups excluding carboxylic acids is 1. The van der Waals surface area contributed by atoms with Crippen LogP contribution in [-0.2, 0) is 4.79 Å². The molecule has 1 aliphatic rings. The van der Waals surface area contributed by atoms with Crippen LogP contribution in [0, 0.1) is 5.92 Å². The van der Waals surface area contributed by atoms with Gasteiger partial charge in [-0.25, -0.2) is 4.98 Å². The van der Waals surface area contributed by atoms with Gasteiger partial charge in [-0.15, -0.1) is 0 Å². The van der Waals surface area contributed by atoms with E-state index in [0.717, 1.165) is 48.1 Å². The predicted molar refractivity (Wildman–Crippen MR) is 93.7 cm³/mol. The molecule has 1 heterocycles. The van der Waals surface area contributed by atoms with Crippen LogP contribution in [0.4, 0.5) is 0 Å². The molecular formula is C20H20N2O2. The van der Waals surface area contributed by atoms with Crippen LogP contribution in [0.2, 0.25) is 0 Å². The molecule has 0 amide bonds. The van der Waals surface area contributed by atoms with Crippen LogP contribution >= 0.6 is 0 Å². The van der Waals surface area contributed by atoms with Crippen molar-refractivity contribution < 1.29 is 9.53 Å². The van der Waals surface area contributed by atoms with Crippen molar-refractivity contribution in [2.75, 3.05) is 0 Å². The number of fused-ring (bicyclic) bond motifs is 1. The third-order valence-corrected chi connectivity index (χ3v) is 4.65. The first-order chi connectivity index (χ1) is 11.8. The third kappa shape index (κ3) is 3.04. The summed E-state index contributed by atoms with van der Waals surface area (Å²) < 4.78 is 5.61. The number of ether oxygens (including phenoxy) is 1. The highest BCUT2D eigenvalue weighted by molar-refractivity contribution is 5.80. The zero-order chi connectivity index (χ0) is 16.4. The van der Waals surface area contributed by atoms with Gasteiger partial charge < -0.3 is 9.72 Å². The van der Waals surface area contributed by atoms with Gasteiger partial charge in [-0.2, -0.15) is 0 Å². The number of para-hydroxylation sites is 2. The van der Waals surface area contributed by atoms with Gasteiger partial charge in [-0.05, 0) is 37.1 Å². The van der Waals surface area contributed by atoms with Crippen molar-refractivity contribution in [1.29, 1.82) is 0 Å². The molecule has 0 atom stereocenters. The molecule has 0 radical (unpaired) electrons. The number of rotatable bonds is 3. The first-order valence-corrected chi connectivity index (χ1v) is 8.56. The van der Waals surface area contributed by atoms with E-state index in [1.807, 2.05) is 48.5 Å². The van der Waals surface area contributed by atoms with E-state index in [1.54, 1.807) is 0 Å². The van der Waals surface area contributed by atoms with Crippen LogP contribution in [0.25, 0.3) is 22.4 Å². The Hall–Kier alpha value is -2.62. The monoisotopic (exact) mass is 320 g/mol. The number of imidazole rings is 1. The van der Waals surface area contributed by atoms with E-state index in [4.69, 9.17) is 4.74 Å². The molecule has 122 valence electrons. The second-order valence-electron chi connectivity index (χ2n) is 6.39. The fraction of sp³-hybridized carbons (Fsp3) is 0.300. The van der Waals surface area contributed by atoms with Crippen molar-refractivity contribution in [2.45, 2.75) is 32.1 Å². The Kier molecular flexibility index (Phi) is 4.03. The number of esters is 1. The quantitative estimate of drug-likeness (QED) is 0.561. The number of hydrogen-bond acceptors (Lipinski definition) is 3. The fourth-order valence-electron chi connectivity index (χ4n) is 3.33. The molecule has 1 saturated carbocycles. The molecule has 1 N–H and O–H groups in total. The van der Waals surface area contributed by atoms with Crippen LogP contribution in [0.5, 0.6) is 5.75 Å². The van der Waals surface area contributed by atoms with Crippen LogP contribution in [-0.4, -0.2) is 15.9 Å². The molecule has 0 aliphatic heterocycles. The normalized spacial score (nSPS) is 15.5. The number of aromatic nitrogens is 2. The largest absolute Gasteiger partial charge is 0.426 e. The van der Waals surface area contributed by atoms with Crippen LogP contribution < -0.4 is 4.74 Å². The molecular weight excluding hydrogens is 300 g/mol. The average Bonchev–Trinajstić information content (AvgIpc) is 3.07. The summed E-state index contributed by atoms with van der Waals surface area (Å²) in [5.74, 6) is 1.32. The number of nitrogens with zero attached hydrogens (tertiary/aromatic N) is 1. The van der Waals surface area contributed by atoms with E-state index in [-0.39, 0.29) is 11.9 Å². The lowest BCUT2D eigenvalue weighted by molar-refractivity contribution is -0.139. The van der Waals surface area contributed by atoms with Gasteiger partial charge in [-0.3, -0.25) is 4.79 Å². The molecule has 1 aromatic heterocycles. The van der Waals surface area contributed by atoms with E-state index in [2.05, 4.69) is 9.97 Å². The van der Waals surface area contributed by atoms with Gasteiger partial charge in [-0.1, -0.05) is 43.5 Å². The van der Waals surface area contributed by atoms with Crippen LogP contribution in [0.3, 0.4) is 0 Å². The van der Waals surface area contributed by atoms with Crippen molar-refractivity contribution in [3.05, 3.63) is 48.5 Å². The summed E-state index contributed by atoms with van der Waals surface area (Å²) in [6.45, 7) is 0. The molecule has 24 heavy (non-hydrogen) atoms. The summed E-state index contributed by atoms with van der Waals surface area (Å²) in [5, 5.41) is 0. The number of aromatic amines is 1. The maximum Gasteiger partial charge on any atom is 0.314 e. The number of benzene rings is 2. The smallest absolute Gasteiger partial charge is 0.314 e. The van der Waals surface area contributed by atoms with Gasteiger partial charge in [0.1, 0.15) is 11.6 Å². The molecule has 2 aromatic carbocycles. The Labute approximate surface area is 140 Å². The minimum atomic E-state index is -0.101. The minimum Gasteiger partial charge on any atom is -0.426 e. The van der Waals surface area contributed by atoms with Gasteiger partial charge in [0, 0.05) is 5.56 Å². The molecule has 0 saturated heterocycles. The maximum absolute atomic E-state index is 12.3. The molecule has 3 aromatic rings. The number of H-pyrrole nitrogens is 1. The molecule has 1 aliphatic carbocycles. The van der Waals surface area contributed by atoms with E-state index in [0.29, 0.717) is 5.75 Å². The highest BCUT2D eigenvalue weighted by Gasteiger charge is 2.23. The van der Waals surface area contributed by atoms with Crippen molar-refractivity contribution in [2.24, 2.45) is 5.92 Å².